The van der Waals surface area contributed by atoms with Crippen LogP contribution < -0.4 is 11.1 Å². The average molecular weight is 337 g/mol. The third-order valence-corrected chi connectivity index (χ3v) is 4.49. The summed E-state index contributed by atoms with van der Waals surface area (Å²) in [6.07, 6.45) is 0.259. The maximum atomic E-state index is 12.3. The van der Waals surface area contributed by atoms with Crippen LogP contribution in [0.25, 0.3) is 0 Å². The number of nitrogens with two attached hydrogens (primary N) is 1. The molecule has 2 rings (SSSR count). The second-order valence-electron chi connectivity index (χ2n) is 5.75. The number of thioether (sulfide) groups is 1. The van der Waals surface area contributed by atoms with E-state index in [2.05, 4.69) is 10.2 Å². The number of amides is 2. The lowest BCUT2D eigenvalue weighted by molar-refractivity contribution is -0.121. The maximum absolute atomic E-state index is 12.3. The minimum absolute atomic E-state index is 0.0709. The van der Waals surface area contributed by atoms with Crippen LogP contribution >= 0.6 is 11.8 Å². The first-order valence-electron chi connectivity index (χ1n) is 7.62. The highest BCUT2D eigenvalue weighted by Gasteiger charge is 2.23. The number of nitrogens with zero attached hydrogens (tertiary/aromatic N) is 1. The molecule has 1 aliphatic rings. The van der Waals surface area contributed by atoms with Gasteiger partial charge in [-0.15, -0.1) is 11.8 Å². The predicted octanol–water partition coefficient (Wildman–Crippen LogP) is 1.31. The lowest BCUT2D eigenvalue weighted by Gasteiger charge is -2.34. The smallest absolute Gasteiger partial charge is 0.238 e. The predicted molar refractivity (Wildman–Crippen MR) is 91.4 cm³/mol. The largest absolute Gasteiger partial charge is 0.373 e. The van der Waals surface area contributed by atoms with Gasteiger partial charge in [-0.25, -0.2) is 0 Å². The highest BCUT2D eigenvalue weighted by molar-refractivity contribution is 8.00. The molecule has 3 N–H and O–H groups in total. The van der Waals surface area contributed by atoms with Gasteiger partial charge in [0.25, 0.3) is 0 Å². The van der Waals surface area contributed by atoms with E-state index in [1.165, 1.54) is 11.8 Å². The monoisotopic (exact) mass is 337 g/mol. The number of ether oxygens (including phenoxy) is 1. The van der Waals surface area contributed by atoms with Gasteiger partial charge >= 0.3 is 0 Å². The fourth-order valence-corrected chi connectivity index (χ4v) is 3.40. The number of nitrogens with one attached hydrogen (secondary N) is 1. The van der Waals surface area contributed by atoms with Crippen LogP contribution in [0.4, 0.5) is 5.69 Å². The van der Waals surface area contributed by atoms with Crippen molar-refractivity contribution in [3.63, 3.8) is 0 Å². The zero-order chi connectivity index (χ0) is 16.8. The summed E-state index contributed by atoms with van der Waals surface area (Å²) in [4.78, 5) is 26.1. The topological polar surface area (TPSA) is 84.7 Å². The maximum Gasteiger partial charge on any atom is 0.238 e. The number of morpholine rings is 1. The van der Waals surface area contributed by atoms with Crippen LogP contribution in [-0.4, -0.2) is 54.3 Å². The first kappa shape index (κ1) is 17.8. The van der Waals surface area contributed by atoms with Crippen LogP contribution in [0.1, 0.15) is 13.8 Å². The molecule has 1 aromatic carbocycles. The van der Waals surface area contributed by atoms with Crippen molar-refractivity contribution in [2.75, 3.05) is 30.7 Å². The summed E-state index contributed by atoms with van der Waals surface area (Å²) in [5.74, 6) is -0.267. The Morgan fingerprint density at radius 1 is 1.30 bits per heavy atom. The van der Waals surface area contributed by atoms with Gasteiger partial charge in [-0.2, -0.15) is 0 Å². The Kier molecular flexibility index (Phi) is 6.44. The van der Waals surface area contributed by atoms with E-state index in [-0.39, 0.29) is 29.8 Å². The Labute approximate surface area is 140 Å². The Morgan fingerprint density at radius 2 is 1.96 bits per heavy atom. The molecule has 0 bridgehead atoms. The molecule has 1 aromatic rings. The molecule has 0 radical (unpaired) electrons. The van der Waals surface area contributed by atoms with Gasteiger partial charge in [-0.3, -0.25) is 14.5 Å². The van der Waals surface area contributed by atoms with Gasteiger partial charge in [-0.1, -0.05) is 12.1 Å². The van der Waals surface area contributed by atoms with E-state index >= 15 is 0 Å². The number of primary amides is 1. The van der Waals surface area contributed by atoms with E-state index in [1.54, 1.807) is 0 Å². The quantitative estimate of drug-likeness (QED) is 0.765. The zero-order valence-corrected chi connectivity index (χ0v) is 14.3. The van der Waals surface area contributed by atoms with Crippen molar-refractivity contribution in [1.29, 1.82) is 0 Å². The van der Waals surface area contributed by atoms with Gasteiger partial charge in [0, 0.05) is 18.0 Å². The van der Waals surface area contributed by atoms with E-state index in [9.17, 15) is 9.59 Å². The molecule has 1 heterocycles. The molecule has 6 nitrogen and oxygen atoms in total. The minimum Gasteiger partial charge on any atom is -0.373 e. The minimum atomic E-state index is -0.382. The number of carbonyl (C=O) groups excluding carboxylic acids is 2. The van der Waals surface area contributed by atoms with Gasteiger partial charge in [0.15, 0.2) is 0 Å². The van der Waals surface area contributed by atoms with Crippen molar-refractivity contribution in [2.24, 2.45) is 5.73 Å². The number of rotatable bonds is 6. The SMILES string of the molecule is C[C@@H]1CN(CC(=O)Nc2ccccc2SCC(N)=O)C[C@@H](C)O1. The summed E-state index contributed by atoms with van der Waals surface area (Å²) in [6, 6.07) is 7.40. The summed E-state index contributed by atoms with van der Waals surface area (Å²) >= 11 is 1.32. The summed E-state index contributed by atoms with van der Waals surface area (Å²) in [6.45, 7) is 5.84. The molecule has 7 heteroatoms. The molecule has 0 aliphatic carbocycles. The highest BCUT2D eigenvalue weighted by atomic mass is 32.2. The van der Waals surface area contributed by atoms with Gasteiger partial charge in [-0.05, 0) is 26.0 Å². The van der Waals surface area contributed by atoms with Crippen molar-refractivity contribution < 1.29 is 14.3 Å². The van der Waals surface area contributed by atoms with Gasteiger partial charge < -0.3 is 15.8 Å². The molecule has 23 heavy (non-hydrogen) atoms. The first-order chi connectivity index (χ1) is 10.9. The number of anilines is 1. The van der Waals surface area contributed by atoms with E-state index in [0.29, 0.717) is 12.2 Å². The number of hydrogen-bond donors (Lipinski definition) is 2. The van der Waals surface area contributed by atoms with E-state index in [0.717, 1.165) is 18.0 Å². The normalized spacial score (nSPS) is 21.8. The van der Waals surface area contributed by atoms with Gasteiger partial charge in [0.1, 0.15) is 0 Å². The lowest BCUT2D eigenvalue weighted by Crippen LogP contribution is -2.48. The highest BCUT2D eigenvalue weighted by Crippen LogP contribution is 2.26. The van der Waals surface area contributed by atoms with Crippen molar-refractivity contribution >= 4 is 29.3 Å². The van der Waals surface area contributed by atoms with Gasteiger partial charge in [0.2, 0.25) is 11.8 Å². The Bertz CT molecular complexity index is 557. The molecule has 1 aliphatic heterocycles. The van der Waals surface area contributed by atoms with Crippen molar-refractivity contribution in [2.45, 2.75) is 31.0 Å². The molecule has 0 unspecified atom stereocenters. The average Bonchev–Trinajstić information content (AvgIpc) is 2.45. The summed E-state index contributed by atoms with van der Waals surface area (Å²) < 4.78 is 5.67. The molecule has 126 valence electrons. The summed E-state index contributed by atoms with van der Waals surface area (Å²) in [5.41, 5.74) is 5.88. The third-order valence-electron chi connectivity index (χ3n) is 3.39. The van der Waals surface area contributed by atoms with Crippen molar-refractivity contribution in [1.82, 2.24) is 4.90 Å². The lowest BCUT2D eigenvalue weighted by atomic mass is 10.2. The third kappa shape index (κ3) is 5.85. The van der Waals surface area contributed by atoms with E-state index < -0.39 is 0 Å². The standard InChI is InChI=1S/C16H23N3O3S/c1-11-7-19(8-12(2)22-11)9-16(21)18-13-5-3-4-6-14(13)23-10-15(17)20/h3-6,11-12H,7-10H2,1-2H3,(H2,17,20)(H,18,21)/t11-,12-/m1/s1. The van der Waals surface area contributed by atoms with Crippen LogP contribution in [0.3, 0.4) is 0 Å². The number of carbonyl (C=O) groups is 2. The van der Waals surface area contributed by atoms with Crippen LogP contribution in [-0.2, 0) is 14.3 Å². The Hall–Kier alpha value is -1.57. The van der Waals surface area contributed by atoms with E-state index in [1.807, 2.05) is 38.1 Å². The van der Waals surface area contributed by atoms with Gasteiger partial charge in [0.05, 0.1) is 30.2 Å². The molecule has 2 atom stereocenters. The molecular weight excluding hydrogens is 314 g/mol. The Morgan fingerprint density at radius 3 is 2.61 bits per heavy atom. The fourth-order valence-electron chi connectivity index (χ4n) is 2.65. The van der Waals surface area contributed by atoms with E-state index in [4.69, 9.17) is 10.5 Å². The first-order valence-corrected chi connectivity index (χ1v) is 8.60. The Balaban J connectivity index is 1.93. The van der Waals surface area contributed by atoms with Crippen molar-refractivity contribution in [3.8, 4) is 0 Å². The zero-order valence-electron chi connectivity index (χ0n) is 13.5. The second kappa shape index (κ2) is 8.33. The summed E-state index contributed by atoms with van der Waals surface area (Å²) in [5, 5.41) is 2.92. The molecule has 2 amide bonds. The molecule has 0 aromatic heterocycles. The number of hydrogen-bond acceptors (Lipinski definition) is 5. The molecule has 0 spiro atoms. The van der Waals surface area contributed by atoms with Crippen molar-refractivity contribution in [3.05, 3.63) is 24.3 Å². The number of para-hydroxylation sites is 1. The number of benzene rings is 1. The fraction of sp³-hybridized carbons (Fsp3) is 0.500. The van der Waals surface area contributed by atoms with Crippen LogP contribution in [0.5, 0.6) is 0 Å². The van der Waals surface area contributed by atoms with Crippen LogP contribution in [0, 0.1) is 0 Å². The summed E-state index contributed by atoms with van der Waals surface area (Å²) in [7, 11) is 0. The molecule has 0 saturated carbocycles. The molecule has 1 saturated heterocycles. The molecule has 1 fully saturated rings. The second-order valence-corrected chi connectivity index (χ2v) is 6.77. The van der Waals surface area contributed by atoms with Crippen LogP contribution in [0.15, 0.2) is 29.2 Å². The molecular formula is C16H23N3O3S. The van der Waals surface area contributed by atoms with Crippen LogP contribution in [0.2, 0.25) is 0 Å².